The normalized spacial score (nSPS) is 30.8. The van der Waals surface area contributed by atoms with Gasteiger partial charge in [0.25, 0.3) is 0 Å². The molecule has 3 heteroatoms. The lowest BCUT2D eigenvalue weighted by Crippen LogP contribution is -2.30. The molecule has 0 amide bonds. The van der Waals surface area contributed by atoms with E-state index in [1.54, 1.807) is 12.2 Å². The zero-order valence-electron chi connectivity index (χ0n) is 6.31. The van der Waals surface area contributed by atoms with Crippen molar-refractivity contribution in [2.45, 2.75) is 12.2 Å². The summed E-state index contributed by atoms with van der Waals surface area (Å²) in [6.45, 7) is 0. The first-order valence-electron chi connectivity index (χ1n) is 3.66. The highest BCUT2D eigenvalue weighted by atomic mass is 16.6. The van der Waals surface area contributed by atoms with Crippen molar-refractivity contribution >= 4 is 0 Å². The van der Waals surface area contributed by atoms with Crippen LogP contribution in [-0.2, 0) is 9.47 Å². The molecule has 0 aromatic rings. The monoisotopic (exact) mass is 161 g/mol. The van der Waals surface area contributed by atoms with Crippen molar-refractivity contribution in [3.63, 3.8) is 0 Å². The van der Waals surface area contributed by atoms with Gasteiger partial charge in [-0.3, -0.25) is 0 Å². The highest BCUT2D eigenvalue weighted by Crippen LogP contribution is 2.19. The van der Waals surface area contributed by atoms with Gasteiger partial charge in [0.1, 0.15) is 12.5 Å². The van der Waals surface area contributed by atoms with E-state index < -0.39 is 0 Å². The molecule has 0 saturated heterocycles. The summed E-state index contributed by atoms with van der Waals surface area (Å²) < 4.78 is 10.5. The molecule has 60 valence electrons. The van der Waals surface area contributed by atoms with Crippen LogP contribution in [0.4, 0.5) is 0 Å². The molecular formula is C9H7NO2. The molecule has 0 saturated carbocycles. The average Bonchev–Trinajstić information content (AvgIpc) is 2.17. The van der Waals surface area contributed by atoms with Gasteiger partial charge in [0, 0.05) is 0 Å². The van der Waals surface area contributed by atoms with Crippen LogP contribution >= 0.6 is 0 Å². The fourth-order valence-corrected chi connectivity index (χ4v) is 1.20. The summed E-state index contributed by atoms with van der Waals surface area (Å²) in [7, 11) is 0. The first-order chi connectivity index (χ1) is 5.90. The first kappa shape index (κ1) is 6.99. The van der Waals surface area contributed by atoms with Gasteiger partial charge in [-0.05, 0) is 18.2 Å². The number of nitrogens with zero attached hydrogens (tertiary/aromatic N) is 1. The van der Waals surface area contributed by atoms with Crippen LogP contribution in [-0.4, -0.2) is 12.2 Å². The average molecular weight is 161 g/mol. The predicted molar refractivity (Wildman–Crippen MR) is 41.7 cm³/mol. The molecule has 1 aliphatic heterocycles. The van der Waals surface area contributed by atoms with E-state index in [1.807, 2.05) is 6.08 Å². The molecule has 0 spiro atoms. The minimum atomic E-state index is -0.144. The van der Waals surface area contributed by atoms with E-state index in [1.165, 1.54) is 12.5 Å². The largest absolute Gasteiger partial charge is 0.487 e. The second-order valence-corrected chi connectivity index (χ2v) is 2.57. The lowest BCUT2D eigenvalue weighted by molar-refractivity contribution is 0.0178. The number of hydrogen-bond donors (Lipinski definition) is 0. The standard InChI is InChI=1S/C9H7NO2/c10-6-7-1-2-8-9(5-7)12-4-3-11-8/h1-5,8-9H. The molecule has 0 radical (unpaired) electrons. The molecule has 0 aromatic carbocycles. The third-order valence-electron chi connectivity index (χ3n) is 1.79. The lowest BCUT2D eigenvalue weighted by atomic mass is 10.0. The highest BCUT2D eigenvalue weighted by Gasteiger charge is 2.24. The van der Waals surface area contributed by atoms with Crippen LogP contribution in [0.1, 0.15) is 0 Å². The third kappa shape index (κ3) is 1.08. The van der Waals surface area contributed by atoms with Gasteiger partial charge in [0.2, 0.25) is 0 Å². The lowest BCUT2D eigenvalue weighted by Gasteiger charge is -2.26. The predicted octanol–water partition coefficient (Wildman–Crippen LogP) is 1.26. The van der Waals surface area contributed by atoms with Gasteiger partial charge < -0.3 is 9.47 Å². The quantitative estimate of drug-likeness (QED) is 0.537. The second-order valence-electron chi connectivity index (χ2n) is 2.57. The Morgan fingerprint density at radius 3 is 2.75 bits per heavy atom. The zero-order valence-corrected chi connectivity index (χ0v) is 6.31. The fourth-order valence-electron chi connectivity index (χ4n) is 1.20. The topological polar surface area (TPSA) is 42.2 Å². The number of rotatable bonds is 0. The molecule has 1 heterocycles. The SMILES string of the molecule is N#CC1=CC2OC=COC2C=C1. The van der Waals surface area contributed by atoms with Crippen LogP contribution in [0.15, 0.2) is 36.3 Å². The number of allylic oxidation sites excluding steroid dienone is 2. The summed E-state index contributed by atoms with van der Waals surface area (Å²) in [6.07, 6.45) is 8.11. The van der Waals surface area contributed by atoms with Crippen molar-refractivity contribution in [1.29, 1.82) is 5.26 Å². The van der Waals surface area contributed by atoms with Gasteiger partial charge in [-0.1, -0.05) is 0 Å². The molecular weight excluding hydrogens is 154 g/mol. The molecule has 3 nitrogen and oxygen atoms in total. The van der Waals surface area contributed by atoms with Gasteiger partial charge in [-0.15, -0.1) is 0 Å². The summed E-state index contributed by atoms with van der Waals surface area (Å²) in [5.41, 5.74) is 0.621. The summed E-state index contributed by atoms with van der Waals surface area (Å²) in [4.78, 5) is 0. The van der Waals surface area contributed by atoms with Gasteiger partial charge in [-0.2, -0.15) is 5.26 Å². The van der Waals surface area contributed by atoms with E-state index in [0.29, 0.717) is 5.57 Å². The maximum absolute atomic E-state index is 8.60. The molecule has 0 aromatic heterocycles. The number of hydrogen-bond acceptors (Lipinski definition) is 3. The van der Waals surface area contributed by atoms with Crippen LogP contribution < -0.4 is 0 Å². The Balaban J connectivity index is 2.23. The Morgan fingerprint density at radius 1 is 1.25 bits per heavy atom. The maximum Gasteiger partial charge on any atom is 0.158 e. The highest BCUT2D eigenvalue weighted by molar-refractivity contribution is 5.38. The summed E-state index contributed by atoms with van der Waals surface area (Å²) in [5, 5.41) is 8.60. The third-order valence-corrected chi connectivity index (χ3v) is 1.79. The summed E-state index contributed by atoms with van der Waals surface area (Å²) in [6, 6.07) is 2.05. The summed E-state index contributed by atoms with van der Waals surface area (Å²) in [5.74, 6) is 0. The minimum absolute atomic E-state index is 0.0768. The molecule has 0 N–H and O–H groups in total. The van der Waals surface area contributed by atoms with Crippen LogP contribution in [0.2, 0.25) is 0 Å². The molecule has 2 aliphatic rings. The van der Waals surface area contributed by atoms with Gasteiger partial charge in [0.05, 0.1) is 11.6 Å². The fraction of sp³-hybridized carbons (Fsp3) is 0.222. The Hall–Kier alpha value is -1.69. The molecule has 2 atom stereocenters. The summed E-state index contributed by atoms with van der Waals surface area (Å²) >= 11 is 0. The van der Waals surface area contributed by atoms with Crippen molar-refractivity contribution in [3.8, 4) is 6.07 Å². The van der Waals surface area contributed by atoms with Gasteiger partial charge in [0.15, 0.2) is 12.2 Å². The molecule has 0 fully saturated rings. The number of ether oxygens (including phenoxy) is 2. The maximum atomic E-state index is 8.60. The van der Waals surface area contributed by atoms with Crippen LogP contribution in [0.3, 0.4) is 0 Å². The molecule has 12 heavy (non-hydrogen) atoms. The van der Waals surface area contributed by atoms with Crippen molar-refractivity contribution < 1.29 is 9.47 Å². The van der Waals surface area contributed by atoms with Crippen molar-refractivity contribution in [3.05, 3.63) is 36.3 Å². The molecule has 1 aliphatic carbocycles. The van der Waals surface area contributed by atoms with Crippen LogP contribution in [0, 0.1) is 11.3 Å². The number of fused-ring (bicyclic) bond motifs is 1. The van der Waals surface area contributed by atoms with Crippen molar-refractivity contribution in [2.75, 3.05) is 0 Å². The van der Waals surface area contributed by atoms with Crippen LogP contribution in [0.25, 0.3) is 0 Å². The van der Waals surface area contributed by atoms with E-state index in [4.69, 9.17) is 14.7 Å². The molecule has 0 bridgehead atoms. The van der Waals surface area contributed by atoms with E-state index in [0.717, 1.165) is 0 Å². The Kier molecular flexibility index (Phi) is 1.60. The molecule has 2 rings (SSSR count). The second kappa shape index (κ2) is 2.74. The Labute approximate surface area is 70.2 Å². The van der Waals surface area contributed by atoms with Gasteiger partial charge in [-0.25, -0.2) is 0 Å². The van der Waals surface area contributed by atoms with E-state index in [9.17, 15) is 0 Å². The zero-order chi connectivity index (χ0) is 8.39. The van der Waals surface area contributed by atoms with E-state index in [2.05, 4.69) is 6.07 Å². The molecule has 2 unspecified atom stereocenters. The first-order valence-corrected chi connectivity index (χ1v) is 3.66. The van der Waals surface area contributed by atoms with Crippen molar-refractivity contribution in [2.24, 2.45) is 0 Å². The Bertz CT molecular complexity index is 309. The minimum Gasteiger partial charge on any atom is -0.487 e. The number of nitriles is 1. The van der Waals surface area contributed by atoms with Gasteiger partial charge >= 0.3 is 0 Å². The van der Waals surface area contributed by atoms with Crippen molar-refractivity contribution in [1.82, 2.24) is 0 Å². The van der Waals surface area contributed by atoms with Crippen LogP contribution in [0.5, 0.6) is 0 Å². The van der Waals surface area contributed by atoms with E-state index >= 15 is 0 Å². The Morgan fingerprint density at radius 2 is 2.00 bits per heavy atom. The van der Waals surface area contributed by atoms with E-state index in [-0.39, 0.29) is 12.2 Å². The smallest absolute Gasteiger partial charge is 0.158 e.